The molecule has 4 nitrogen and oxygen atoms in total. The monoisotopic (exact) mass is 506 g/mol. The fraction of sp³-hybridized carbons (Fsp3) is 0.400. The van der Waals surface area contributed by atoms with E-state index in [9.17, 15) is 12.8 Å². The first kappa shape index (κ1) is 24.2. The molecule has 0 saturated carbocycles. The zero-order valence-corrected chi connectivity index (χ0v) is 21.7. The Morgan fingerprint density at radius 3 is 2.30 bits per heavy atom. The van der Waals surface area contributed by atoms with Crippen LogP contribution in [0, 0.1) is 33.5 Å². The van der Waals surface area contributed by atoms with Gasteiger partial charge in [-0.25, -0.2) is 17.8 Å². The molecular weight excluding hydrogens is 479 g/mol. The number of halogens is 2. The summed E-state index contributed by atoms with van der Waals surface area (Å²) < 4.78 is 40.7. The second-order valence-corrected chi connectivity index (χ2v) is 12.3. The van der Waals surface area contributed by atoms with Gasteiger partial charge in [0.25, 0.3) is 0 Å². The fourth-order valence-corrected chi connectivity index (χ4v) is 8.04. The number of piperidine rings is 1. The molecule has 1 saturated heterocycles. The van der Waals surface area contributed by atoms with Crippen molar-refractivity contribution in [1.82, 2.24) is 4.98 Å². The Labute approximate surface area is 204 Å². The topological polar surface area (TPSA) is 50.3 Å². The maximum atomic E-state index is 13.6. The lowest BCUT2D eigenvalue weighted by Crippen LogP contribution is -2.39. The Morgan fingerprint density at radius 1 is 1.06 bits per heavy atom. The van der Waals surface area contributed by atoms with Crippen LogP contribution in [0.25, 0.3) is 0 Å². The lowest BCUT2D eigenvalue weighted by atomic mass is 10.0. The van der Waals surface area contributed by atoms with E-state index >= 15 is 0 Å². The minimum absolute atomic E-state index is 0.356. The largest absolute Gasteiger partial charge is 0.348 e. The van der Waals surface area contributed by atoms with Crippen molar-refractivity contribution < 1.29 is 12.8 Å². The van der Waals surface area contributed by atoms with Gasteiger partial charge < -0.3 is 4.90 Å². The first-order chi connectivity index (χ1) is 15.6. The number of anilines is 1. The summed E-state index contributed by atoms with van der Waals surface area (Å²) in [6.07, 6.45) is 1.65. The number of rotatable bonds is 5. The molecule has 0 bridgehead atoms. The van der Waals surface area contributed by atoms with Gasteiger partial charge in [-0.05, 0) is 86.6 Å². The van der Waals surface area contributed by atoms with E-state index < -0.39 is 9.84 Å². The van der Waals surface area contributed by atoms with E-state index in [-0.39, 0.29) is 11.1 Å². The zero-order valence-electron chi connectivity index (χ0n) is 19.3. The summed E-state index contributed by atoms with van der Waals surface area (Å²) in [5.74, 6) is -0.356. The smallest absolute Gasteiger partial charge is 0.185 e. The quantitative estimate of drug-likeness (QED) is 0.413. The van der Waals surface area contributed by atoms with Crippen LogP contribution in [0.2, 0.25) is 5.02 Å². The zero-order chi connectivity index (χ0) is 23.9. The molecule has 0 aliphatic carbocycles. The number of nitrogens with zero attached hydrogens (tertiary/aromatic N) is 2. The number of aromatic nitrogens is 1. The van der Waals surface area contributed by atoms with Gasteiger partial charge >= 0.3 is 0 Å². The van der Waals surface area contributed by atoms with Crippen molar-refractivity contribution in [3.8, 4) is 0 Å². The van der Waals surface area contributed by atoms with Crippen molar-refractivity contribution in [3.63, 3.8) is 0 Å². The average Bonchev–Trinajstić information content (AvgIpc) is 3.20. The van der Waals surface area contributed by atoms with Crippen LogP contribution in [0.4, 0.5) is 9.52 Å². The third-order valence-electron chi connectivity index (χ3n) is 6.58. The molecule has 8 heteroatoms. The Morgan fingerprint density at radius 2 is 1.70 bits per heavy atom. The molecule has 1 aliphatic rings. The van der Waals surface area contributed by atoms with Crippen LogP contribution in [0.3, 0.4) is 0 Å². The van der Waals surface area contributed by atoms with Gasteiger partial charge in [-0.15, -0.1) is 11.3 Å². The molecule has 0 N–H and O–H groups in total. The van der Waals surface area contributed by atoms with Crippen LogP contribution in [-0.4, -0.2) is 31.7 Å². The second kappa shape index (κ2) is 9.35. The highest BCUT2D eigenvalue weighted by Crippen LogP contribution is 2.34. The number of hydrogen-bond acceptors (Lipinski definition) is 5. The average molecular weight is 507 g/mol. The third-order valence-corrected chi connectivity index (χ3v) is 10.3. The van der Waals surface area contributed by atoms with E-state index in [1.165, 1.54) is 23.5 Å². The number of aryl methyl sites for hydroxylation is 2. The number of thiazole rings is 1. The Bertz CT molecular complexity index is 1250. The molecule has 0 unspecified atom stereocenters. The summed E-state index contributed by atoms with van der Waals surface area (Å²) in [6, 6.07) is 6.57. The van der Waals surface area contributed by atoms with Gasteiger partial charge in [-0.3, -0.25) is 0 Å². The van der Waals surface area contributed by atoms with Crippen LogP contribution in [-0.2, 0) is 16.3 Å². The van der Waals surface area contributed by atoms with Gasteiger partial charge in [0.2, 0.25) is 0 Å². The van der Waals surface area contributed by atoms with Crippen LogP contribution in [0.1, 0.15) is 46.4 Å². The predicted molar refractivity (Wildman–Crippen MR) is 134 cm³/mol. The van der Waals surface area contributed by atoms with Gasteiger partial charge in [-0.1, -0.05) is 17.7 Å². The molecule has 33 heavy (non-hydrogen) atoms. The number of sulfone groups is 1. The molecule has 1 aromatic heterocycles. The van der Waals surface area contributed by atoms with Crippen LogP contribution in [0.15, 0.2) is 34.5 Å². The molecular formula is C25H28ClFN2O2S2. The standard InChI is InChI=1S/C25H28ClFN2O2S2/c1-15-9-16(2)18(4)24(17(15)3)33(30,31)23-5-7-29(8-6-23)25-28-22(14-32-25)12-19-10-20(26)13-21(27)11-19/h9-11,13-14,23H,5-8,12H2,1-4H3. The van der Waals surface area contributed by atoms with Gasteiger partial charge in [0.05, 0.1) is 15.8 Å². The third kappa shape index (κ3) is 4.96. The van der Waals surface area contributed by atoms with Crippen LogP contribution < -0.4 is 4.90 Å². The Kier molecular flexibility index (Phi) is 6.85. The fourth-order valence-electron chi connectivity index (χ4n) is 4.58. The highest BCUT2D eigenvalue weighted by molar-refractivity contribution is 7.92. The molecule has 2 aromatic carbocycles. The Balaban J connectivity index is 1.47. The highest BCUT2D eigenvalue weighted by Gasteiger charge is 2.34. The summed E-state index contributed by atoms with van der Waals surface area (Å²) in [4.78, 5) is 7.38. The van der Waals surface area contributed by atoms with Crippen molar-refractivity contribution in [2.45, 2.75) is 57.1 Å². The van der Waals surface area contributed by atoms with Gasteiger partial charge in [0.15, 0.2) is 15.0 Å². The summed E-state index contributed by atoms with van der Waals surface area (Å²) in [5.41, 5.74) is 5.40. The number of benzene rings is 2. The molecule has 1 aliphatic heterocycles. The Hall–Kier alpha value is -1.96. The minimum Gasteiger partial charge on any atom is -0.348 e. The van der Waals surface area contributed by atoms with Crippen molar-refractivity contribution in [3.05, 3.63) is 74.0 Å². The van der Waals surface area contributed by atoms with E-state index in [2.05, 4.69) is 11.0 Å². The molecule has 0 amide bonds. The SMILES string of the molecule is Cc1cc(C)c(C)c(S(=O)(=O)C2CCN(c3nc(Cc4cc(F)cc(Cl)c4)cs3)CC2)c1C. The molecule has 1 fully saturated rings. The minimum atomic E-state index is -3.41. The lowest BCUT2D eigenvalue weighted by molar-refractivity contribution is 0.528. The predicted octanol–water partition coefficient (Wildman–Crippen LogP) is 6.20. The molecule has 0 radical (unpaired) electrons. The van der Waals surface area contributed by atoms with Crippen LogP contribution in [0.5, 0.6) is 0 Å². The van der Waals surface area contributed by atoms with Crippen molar-refractivity contribution in [1.29, 1.82) is 0 Å². The molecule has 4 rings (SSSR count). The van der Waals surface area contributed by atoms with Crippen molar-refractivity contribution >= 4 is 37.9 Å². The molecule has 3 aromatic rings. The van der Waals surface area contributed by atoms with Gasteiger partial charge in [0, 0.05) is 29.9 Å². The number of hydrogen-bond donors (Lipinski definition) is 0. The summed E-state index contributed by atoms with van der Waals surface area (Å²) >= 11 is 7.50. The second-order valence-electron chi connectivity index (χ2n) is 8.90. The first-order valence-corrected chi connectivity index (χ1v) is 13.8. The van der Waals surface area contributed by atoms with E-state index in [4.69, 9.17) is 16.6 Å². The summed E-state index contributed by atoms with van der Waals surface area (Å²) in [7, 11) is -3.41. The highest BCUT2D eigenvalue weighted by atomic mass is 35.5. The van der Waals surface area contributed by atoms with E-state index in [0.717, 1.165) is 38.6 Å². The van der Waals surface area contributed by atoms with E-state index in [0.29, 0.717) is 42.3 Å². The lowest BCUT2D eigenvalue weighted by Gasteiger charge is -2.32. The van der Waals surface area contributed by atoms with E-state index in [1.807, 2.05) is 33.1 Å². The normalized spacial score (nSPS) is 15.3. The maximum Gasteiger partial charge on any atom is 0.185 e. The van der Waals surface area contributed by atoms with Crippen LogP contribution >= 0.6 is 22.9 Å². The molecule has 176 valence electrons. The summed E-state index contributed by atoms with van der Waals surface area (Å²) in [6.45, 7) is 9.05. The maximum absolute atomic E-state index is 13.6. The van der Waals surface area contributed by atoms with Crippen molar-refractivity contribution in [2.75, 3.05) is 18.0 Å². The molecule has 0 atom stereocenters. The summed E-state index contributed by atoms with van der Waals surface area (Å²) in [5, 5.41) is 2.83. The van der Waals surface area contributed by atoms with Crippen molar-refractivity contribution in [2.24, 2.45) is 0 Å². The first-order valence-electron chi connectivity index (χ1n) is 11.0. The molecule has 2 heterocycles. The molecule has 0 spiro atoms. The van der Waals surface area contributed by atoms with Gasteiger partial charge in [-0.2, -0.15) is 0 Å². The van der Waals surface area contributed by atoms with E-state index in [1.54, 1.807) is 6.07 Å². The van der Waals surface area contributed by atoms with Gasteiger partial charge in [0.1, 0.15) is 5.82 Å².